The molecule has 0 spiro atoms. The fourth-order valence-corrected chi connectivity index (χ4v) is 2.98. The molecular weight excluding hydrogens is 357 g/mol. The van der Waals surface area contributed by atoms with Crippen LogP contribution in [0.3, 0.4) is 0 Å². The molecule has 3 rings (SSSR count). The zero-order chi connectivity index (χ0) is 19.6. The molecule has 1 aliphatic rings. The predicted molar refractivity (Wildman–Crippen MR) is 95.4 cm³/mol. The van der Waals surface area contributed by atoms with Crippen molar-refractivity contribution in [1.29, 1.82) is 0 Å². The minimum absolute atomic E-state index is 0.0661. The largest absolute Gasteiger partial charge is 0.384 e. The fourth-order valence-electron chi connectivity index (χ4n) is 2.98. The van der Waals surface area contributed by atoms with Gasteiger partial charge >= 0.3 is 0 Å². The number of halogens is 3. The van der Waals surface area contributed by atoms with Crippen LogP contribution in [-0.4, -0.2) is 16.7 Å². The number of nitrogens with one attached hydrogen (secondary N) is 1. The second-order valence-corrected chi connectivity index (χ2v) is 6.39. The van der Waals surface area contributed by atoms with E-state index < -0.39 is 28.8 Å². The molecule has 0 saturated heterocycles. The maximum absolute atomic E-state index is 14.1. The Morgan fingerprint density at radius 3 is 2.59 bits per heavy atom. The van der Waals surface area contributed by atoms with Crippen LogP contribution in [0.5, 0.6) is 0 Å². The van der Waals surface area contributed by atoms with Gasteiger partial charge in [0.15, 0.2) is 0 Å². The van der Waals surface area contributed by atoms with E-state index in [9.17, 15) is 18.0 Å². The van der Waals surface area contributed by atoms with Crippen molar-refractivity contribution in [2.45, 2.75) is 18.8 Å². The van der Waals surface area contributed by atoms with Crippen molar-refractivity contribution in [3.63, 3.8) is 0 Å². The van der Waals surface area contributed by atoms with E-state index >= 15 is 0 Å². The molecule has 1 aliphatic carbocycles. The lowest BCUT2D eigenvalue weighted by atomic mass is 9.97. The maximum Gasteiger partial charge on any atom is 0.260 e. The highest BCUT2D eigenvalue weighted by atomic mass is 19.1. The molecule has 1 heterocycles. The molecule has 1 fully saturated rings. The summed E-state index contributed by atoms with van der Waals surface area (Å²) in [7, 11) is 0. The van der Waals surface area contributed by atoms with Gasteiger partial charge < -0.3 is 11.1 Å². The van der Waals surface area contributed by atoms with Crippen LogP contribution < -0.4 is 11.1 Å². The molecule has 1 saturated carbocycles. The van der Waals surface area contributed by atoms with Crippen molar-refractivity contribution in [2.75, 3.05) is 5.32 Å². The molecule has 1 aromatic heterocycles. The molecule has 1 amide bonds. The van der Waals surface area contributed by atoms with Gasteiger partial charge in [0, 0.05) is 24.2 Å². The smallest absolute Gasteiger partial charge is 0.260 e. The molecule has 0 radical (unpaired) electrons. The summed E-state index contributed by atoms with van der Waals surface area (Å²) in [6.07, 6.45) is 4.43. The number of nitrogens with zero attached hydrogens (tertiary/aromatic N) is 2. The number of aliphatic imine (C=N–C) groups is 1. The first kappa shape index (κ1) is 18.6. The molecule has 2 atom stereocenters. The minimum Gasteiger partial charge on any atom is -0.384 e. The third kappa shape index (κ3) is 3.84. The summed E-state index contributed by atoms with van der Waals surface area (Å²) < 4.78 is 40.3. The number of anilines is 1. The van der Waals surface area contributed by atoms with Gasteiger partial charge in [-0.2, -0.15) is 4.99 Å². The number of benzene rings is 1. The molecule has 27 heavy (non-hydrogen) atoms. The average Bonchev–Trinajstić information content (AvgIpc) is 3.26. The molecule has 8 heteroatoms. The van der Waals surface area contributed by atoms with Crippen molar-refractivity contribution in [3.05, 3.63) is 72.0 Å². The lowest BCUT2D eigenvalue weighted by molar-refractivity contribution is -0.120. The molecule has 3 N–H and O–H groups in total. The van der Waals surface area contributed by atoms with Crippen LogP contribution in [0.4, 0.5) is 18.9 Å². The second-order valence-electron chi connectivity index (χ2n) is 6.39. The Bertz CT molecular complexity index is 924. The first-order chi connectivity index (χ1) is 12.8. The summed E-state index contributed by atoms with van der Waals surface area (Å²) in [6.45, 7) is 1.81. The lowest BCUT2D eigenvalue weighted by Crippen LogP contribution is -2.26. The highest BCUT2D eigenvalue weighted by molar-refractivity contribution is 6.04. The van der Waals surface area contributed by atoms with Crippen molar-refractivity contribution in [2.24, 2.45) is 16.6 Å². The number of hydrogen-bond acceptors (Lipinski definition) is 3. The van der Waals surface area contributed by atoms with Gasteiger partial charge in [0.2, 0.25) is 0 Å². The molecule has 140 valence electrons. The quantitative estimate of drug-likeness (QED) is 0.622. The van der Waals surface area contributed by atoms with Crippen LogP contribution in [0.15, 0.2) is 53.8 Å². The van der Waals surface area contributed by atoms with Gasteiger partial charge in [-0.25, -0.2) is 13.2 Å². The van der Waals surface area contributed by atoms with Crippen LogP contribution in [0.25, 0.3) is 0 Å². The van der Waals surface area contributed by atoms with E-state index in [1.807, 2.05) is 6.92 Å². The maximum atomic E-state index is 14.1. The normalized spacial score (nSPS) is 22.1. The summed E-state index contributed by atoms with van der Waals surface area (Å²) in [5, 5.41) is 2.63. The number of hydrogen-bond donors (Lipinski definition) is 2. The van der Waals surface area contributed by atoms with Crippen LogP contribution in [0.1, 0.15) is 19.0 Å². The zero-order valence-corrected chi connectivity index (χ0v) is 14.4. The van der Waals surface area contributed by atoms with Gasteiger partial charge in [-0.3, -0.25) is 9.78 Å². The number of amidine groups is 1. The molecule has 5 nitrogen and oxygen atoms in total. The molecule has 2 unspecified atom stereocenters. The third-order valence-corrected chi connectivity index (χ3v) is 4.47. The van der Waals surface area contributed by atoms with E-state index in [1.165, 1.54) is 30.6 Å². The monoisotopic (exact) mass is 374 g/mol. The van der Waals surface area contributed by atoms with Gasteiger partial charge in [0.1, 0.15) is 23.3 Å². The zero-order valence-electron chi connectivity index (χ0n) is 14.4. The Morgan fingerprint density at radius 2 is 2.00 bits per heavy atom. The predicted octanol–water partition coefficient (Wildman–Crippen LogP) is 3.29. The third-order valence-electron chi connectivity index (χ3n) is 4.47. The highest BCUT2D eigenvalue weighted by Gasteiger charge is 2.61. The van der Waals surface area contributed by atoms with E-state index in [4.69, 9.17) is 5.73 Å². The van der Waals surface area contributed by atoms with E-state index in [-0.39, 0.29) is 23.1 Å². The number of aromatic nitrogens is 1. The standard InChI is InChI=1S/C19H17F3N4O/c1-11-10-19(11,17-15(22)3-2-5-25-17)18(27)26-16(23)4-6-24-14-8-12(20)7-13(21)9-14/h2-9,11,24H,10H2,1H3,(H2,23,26,27)/b6-4-. The number of pyridine rings is 1. The number of rotatable bonds is 5. The summed E-state index contributed by atoms with van der Waals surface area (Å²) in [5.74, 6) is -2.84. The highest BCUT2D eigenvalue weighted by Crippen LogP contribution is 2.54. The van der Waals surface area contributed by atoms with Gasteiger partial charge in [-0.1, -0.05) is 6.92 Å². The SMILES string of the molecule is CC1CC1(C(=O)N=C(N)/C=C\Nc1cc(F)cc(F)c1)c1ncccc1F. The molecule has 0 bridgehead atoms. The summed E-state index contributed by atoms with van der Waals surface area (Å²) in [6, 6.07) is 5.63. The van der Waals surface area contributed by atoms with Crippen LogP contribution in [0.2, 0.25) is 0 Å². The lowest BCUT2D eigenvalue weighted by Gasteiger charge is -2.12. The summed E-state index contributed by atoms with van der Waals surface area (Å²) >= 11 is 0. The van der Waals surface area contributed by atoms with Crippen molar-refractivity contribution >= 4 is 17.4 Å². The first-order valence-electron chi connectivity index (χ1n) is 8.21. The fraction of sp³-hybridized carbons (Fsp3) is 0.211. The van der Waals surface area contributed by atoms with Gasteiger partial charge in [0.05, 0.1) is 11.1 Å². The number of carbonyl (C=O) groups excluding carboxylic acids is 1. The van der Waals surface area contributed by atoms with Crippen LogP contribution in [-0.2, 0) is 10.2 Å². The topological polar surface area (TPSA) is 80.4 Å². The number of carbonyl (C=O) groups is 1. The summed E-state index contributed by atoms with van der Waals surface area (Å²) in [4.78, 5) is 20.4. The van der Waals surface area contributed by atoms with Crippen LogP contribution in [0, 0.1) is 23.4 Å². The van der Waals surface area contributed by atoms with Crippen molar-refractivity contribution in [1.82, 2.24) is 4.98 Å². The van der Waals surface area contributed by atoms with Crippen molar-refractivity contribution in [3.8, 4) is 0 Å². The molecule has 0 aliphatic heterocycles. The Labute approximate surface area is 153 Å². The second kappa shape index (κ2) is 7.22. The van der Waals surface area contributed by atoms with Gasteiger partial charge in [0.25, 0.3) is 5.91 Å². The minimum atomic E-state index is -1.11. The van der Waals surface area contributed by atoms with Crippen LogP contribution >= 0.6 is 0 Å². The summed E-state index contributed by atoms with van der Waals surface area (Å²) in [5.41, 5.74) is 4.85. The van der Waals surface area contributed by atoms with Gasteiger partial charge in [-0.15, -0.1) is 0 Å². The Kier molecular flexibility index (Phi) is 4.98. The molecule has 1 aromatic carbocycles. The Hall–Kier alpha value is -3.16. The first-order valence-corrected chi connectivity index (χ1v) is 8.21. The molecule has 2 aromatic rings. The Morgan fingerprint density at radius 1 is 1.33 bits per heavy atom. The number of nitrogens with two attached hydrogens (primary N) is 1. The van der Waals surface area contributed by atoms with E-state index in [1.54, 1.807) is 0 Å². The number of amides is 1. The van der Waals surface area contributed by atoms with E-state index in [0.717, 1.165) is 18.2 Å². The average molecular weight is 374 g/mol. The van der Waals surface area contributed by atoms with E-state index in [0.29, 0.717) is 6.42 Å². The van der Waals surface area contributed by atoms with Gasteiger partial charge in [-0.05, 0) is 42.7 Å². The molecular formula is C19H17F3N4O. The van der Waals surface area contributed by atoms with E-state index in [2.05, 4.69) is 15.3 Å². The Balaban J connectivity index is 1.73. The van der Waals surface area contributed by atoms with Crippen molar-refractivity contribution < 1.29 is 18.0 Å².